The first-order chi connectivity index (χ1) is 11.0. The van der Waals surface area contributed by atoms with E-state index in [-0.39, 0.29) is 17.4 Å². The molecule has 23 heavy (non-hydrogen) atoms. The van der Waals surface area contributed by atoms with Crippen LogP contribution in [0.2, 0.25) is 5.15 Å². The molecule has 0 radical (unpaired) electrons. The molecule has 1 aliphatic carbocycles. The summed E-state index contributed by atoms with van der Waals surface area (Å²) >= 11 is 5.25. The highest BCUT2D eigenvalue weighted by Gasteiger charge is 2.38. The Morgan fingerprint density at radius 3 is 2.78 bits per heavy atom. The monoisotopic (exact) mass is 353 g/mol. The average Bonchev–Trinajstić information content (AvgIpc) is 2.48. The summed E-state index contributed by atoms with van der Waals surface area (Å²) in [4.78, 5) is 8.58. The Bertz CT molecular complexity index is 707. The van der Waals surface area contributed by atoms with Crippen LogP contribution < -0.4 is 10.5 Å². The topological polar surface area (TPSA) is 84.1 Å². The first-order valence-corrected chi connectivity index (χ1v) is 9.68. The minimum absolute atomic E-state index is 0.0565. The fourth-order valence-electron chi connectivity index (χ4n) is 2.76. The molecule has 1 saturated carbocycles. The van der Waals surface area contributed by atoms with Gasteiger partial charge in [-0.1, -0.05) is 29.7 Å². The molecule has 3 rings (SSSR count). The Morgan fingerprint density at radius 2 is 2.13 bits per heavy atom. The second-order valence-corrected chi connectivity index (χ2v) is 7.97. The van der Waals surface area contributed by atoms with Crippen LogP contribution in [0.3, 0.4) is 0 Å². The Morgan fingerprint density at radius 1 is 1.39 bits per heavy atom. The molecule has 0 bridgehead atoms. The fourth-order valence-corrected chi connectivity index (χ4v) is 3.89. The average molecular weight is 354 g/mol. The molecule has 2 heterocycles. The van der Waals surface area contributed by atoms with Crippen LogP contribution >= 0.6 is 11.6 Å². The van der Waals surface area contributed by atoms with Gasteiger partial charge in [0.15, 0.2) is 0 Å². The van der Waals surface area contributed by atoms with Gasteiger partial charge in [-0.15, -0.1) is 0 Å². The largest absolute Gasteiger partial charge is 0.616 e. The highest BCUT2D eigenvalue weighted by Crippen LogP contribution is 2.35. The number of halogens is 1. The molecule has 7 heteroatoms. The summed E-state index contributed by atoms with van der Waals surface area (Å²) in [5, 5.41) is 2.40. The van der Waals surface area contributed by atoms with Crippen molar-refractivity contribution >= 4 is 33.5 Å². The SMILES string of the molecule is CCC(N)c1cnc(OC2CC([S+](C)[O-])C2)c2cnc(Cl)cc12. The maximum absolute atomic E-state index is 11.4. The second kappa shape index (κ2) is 6.81. The van der Waals surface area contributed by atoms with E-state index in [2.05, 4.69) is 9.97 Å². The smallest absolute Gasteiger partial charge is 0.223 e. The van der Waals surface area contributed by atoms with Gasteiger partial charge in [0, 0.05) is 31.3 Å². The third-order valence-corrected chi connectivity index (χ3v) is 5.90. The summed E-state index contributed by atoms with van der Waals surface area (Å²) in [5.74, 6) is 0.543. The maximum atomic E-state index is 11.4. The molecule has 0 amide bonds. The normalized spacial score (nSPS) is 23.3. The van der Waals surface area contributed by atoms with Gasteiger partial charge in [-0.2, -0.15) is 0 Å². The summed E-state index contributed by atoms with van der Waals surface area (Å²) in [6.45, 7) is 2.03. The van der Waals surface area contributed by atoms with Crippen LogP contribution in [0.25, 0.3) is 10.8 Å². The van der Waals surface area contributed by atoms with Gasteiger partial charge in [0.2, 0.25) is 5.88 Å². The molecule has 0 aromatic carbocycles. The van der Waals surface area contributed by atoms with E-state index in [4.69, 9.17) is 22.1 Å². The number of rotatable bonds is 5. The molecule has 0 aliphatic heterocycles. The molecule has 5 nitrogen and oxygen atoms in total. The van der Waals surface area contributed by atoms with Crippen LogP contribution in [0.15, 0.2) is 18.5 Å². The van der Waals surface area contributed by atoms with Gasteiger partial charge in [-0.25, -0.2) is 9.97 Å². The zero-order valence-corrected chi connectivity index (χ0v) is 14.7. The van der Waals surface area contributed by atoms with Crippen molar-refractivity contribution in [2.75, 3.05) is 6.26 Å². The predicted octanol–water partition coefficient (Wildman–Crippen LogP) is 2.98. The Kier molecular flexibility index (Phi) is 4.96. The van der Waals surface area contributed by atoms with E-state index in [0.29, 0.717) is 11.0 Å². The van der Waals surface area contributed by atoms with Gasteiger partial charge in [0.1, 0.15) is 16.5 Å². The van der Waals surface area contributed by atoms with Crippen molar-refractivity contribution in [1.82, 2.24) is 9.97 Å². The Hall–Kier alpha value is -1.08. The van der Waals surface area contributed by atoms with Gasteiger partial charge in [-0.3, -0.25) is 0 Å². The molecule has 1 aliphatic rings. The summed E-state index contributed by atoms with van der Waals surface area (Å²) in [5.41, 5.74) is 7.12. The number of aromatic nitrogens is 2. The van der Waals surface area contributed by atoms with Gasteiger partial charge in [-0.05, 0) is 23.4 Å². The summed E-state index contributed by atoms with van der Waals surface area (Å²) in [6.07, 6.45) is 7.63. The van der Waals surface area contributed by atoms with E-state index in [1.807, 2.05) is 6.92 Å². The lowest BCUT2D eigenvalue weighted by Gasteiger charge is -2.34. The number of nitrogens with zero attached hydrogens (tertiary/aromatic N) is 2. The van der Waals surface area contributed by atoms with Crippen molar-refractivity contribution in [3.05, 3.63) is 29.2 Å². The molecule has 124 valence electrons. The highest BCUT2D eigenvalue weighted by molar-refractivity contribution is 7.91. The predicted molar refractivity (Wildman–Crippen MR) is 93.3 cm³/mol. The van der Waals surface area contributed by atoms with Crippen LogP contribution in [0.5, 0.6) is 5.88 Å². The highest BCUT2D eigenvalue weighted by atomic mass is 35.5. The lowest BCUT2D eigenvalue weighted by atomic mass is 9.95. The first-order valence-electron chi connectivity index (χ1n) is 7.68. The molecule has 2 atom stereocenters. The quantitative estimate of drug-likeness (QED) is 0.659. The zero-order chi connectivity index (χ0) is 16.6. The van der Waals surface area contributed by atoms with Crippen molar-refractivity contribution in [2.45, 2.75) is 43.6 Å². The summed E-state index contributed by atoms with van der Waals surface area (Å²) < 4.78 is 17.4. The number of ether oxygens (including phenoxy) is 1. The lowest BCUT2D eigenvalue weighted by molar-refractivity contribution is 0.119. The third-order valence-electron chi connectivity index (χ3n) is 4.37. The summed E-state index contributed by atoms with van der Waals surface area (Å²) in [6, 6.07) is 1.70. The minimum Gasteiger partial charge on any atom is -0.616 e. The second-order valence-electron chi connectivity index (χ2n) is 5.92. The van der Waals surface area contributed by atoms with Crippen LogP contribution in [0.1, 0.15) is 37.8 Å². The molecule has 0 saturated heterocycles. The van der Waals surface area contributed by atoms with Crippen LogP contribution in [-0.4, -0.2) is 32.1 Å². The fraction of sp³-hybridized carbons (Fsp3) is 0.500. The Balaban J connectivity index is 1.90. The van der Waals surface area contributed by atoms with Crippen LogP contribution in [0.4, 0.5) is 0 Å². The summed E-state index contributed by atoms with van der Waals surface area (Å²) in [7, 11) is 0. The van der Waals surface area contributed by atoms with E-state index in [1.165, 1.54) is 0 Å². The Labute approximate surface area is 143 Å². The first kappa shape index (κ1) is 16.8. The molecular weight excluding hydrogens is 334 g/mol. The number of nitrogens with two attached hydrogens (primary N) is 1. The number of pyridine rings is 2. The molecule has 2 aromatic heterocycles. The van der Waals surface area contributed by atoms with Crippen molar-refractivity contribution < 1.29 is 9.29 Å². The molecular formula is C16H20ClN3O2S. The minimum atomic E-state index is -0.790. The molecule has 2 aromatic rings. The van der Waals surface area contributed by atoms with Crippen molar-refractivity contribution in [3.63, 3.8) is 0 Å². The van der Waals surface area contributed by atoms with Gasteiger partial charge in [0.25, 0.3) is 0 Å². The van der Waals surface area contributed by atoms with E-state index < -0.39 is 11.2 Å². The zero-order valence-electron chi connectivity index (χ0n) is 13.2. The molecule has 1 fully saturated rings. The van der Waals surface area contributed by atoms with Gasteiger partial charge < -0.3 is 15.0 Å². The van der Waals surface area contributed by atoms with Gasteiger partial charge >= 0.3 is 0 Å². The molecule has 2 unspecified atom stereocenters. The molecule has 2 N–H and O–H groups in total. The van der Waals surface area contributed by atoms with Crippen molar-refractivity contribution in [3.8, 4) is 5.88 Å². The van der Waals surface area contributed by atoms with E-state index in [0.717, 1.165) is 35.6 Å². The van der Waals surface area contributed by atoms with Crippen LogP contribution in [0, 0.1) is 0 Å². The van der Waals surface area contributed by atoms with E-state index >= 15 is 0 Å². The number of fused-ring (bicyclic) bond motifs is 1. The van der Waals surface area contributed by atoms with Crippen LogP contribution in [-0.2, 0) is 11.2 Å². The lowest BCUT2D eigenvalue weighted by Crippen LogP contribution is -2.42. The third kappa shape index (κ3) is 3.40. The van der Waals surface area contributed by atoms with Crippen molar-refractivity contribution in [1.29, 1.82) is 0 Å². The number of hydrogen-bond acceptors (Lipinski definition) is 5. The van der Waals surface area contributed by atoms with E-state index in [1.54, 1.807) is 24.7 Å². The van der Waals surface area contributed by atoms with Crippen molar-refractivity contribution in [2.24, 2.45) is 5.73 Å². The van der Waals surface area contributed by atoms with E-state index in [9.17, 15) is 4.55 Å². The molecule has 0 spiro atoms. The number of hydrogen-bond donors (Lipinski definition) is 1. The van der Waals surface area contributed by atoms with Gasteiger partial charge in [0.05, 0.1) is 11.6 Å². The maximum Gasteiger partial charge on any atom is 0.223 e. The standard InChI is InChI=1S/C16H20ClN3O2S/c1-3-14(18)12-7-20-16(13-8-19-15(17)6-11(12)13)22-9-4-10(5-9)23(2)21/h6-10,14H,3-5,18H2,1-2H3.